The maximum Gasteiger partial charge on any atom is 0.268 e. The van der Waals surface area contributed by atoms with Gasteiger partial charge in [-0.05, 0) is 36.6 Å². The van der Waals surface area contributed by atoms with Gasteiger partial charge in [0.1, 0.15) is 23.9 Å². The van der Waals surface area contributed by atoms with Crippen LogP contribution in [0.5, 0.6) is 0 Å². The second kappa shape index (κ2) is 7.40. The SMILES string of the molecule is CN1Cc2cccc(Nc3cccc(-c4nncn4C4CCCCC4(F)F)n3)c2C1=O. The molecule has 1 saturated carbocycles. The van der Waals surface area contributed by atoms with Gasteiger partial charge in [0, 0.05) is 20.0 Å². The highest BCUT2D eigenvalue weighted by atomic mass is 19.3. The predicted octanol–water partition coefficient (Wildman–Crippen LogP) is 4.42. The van der Waals surface area contributed by atoms with E-state index in [0.717, 1.165) is 12.0 Å². The lowest BCUT2D eigenvalue weighted by atomic mass is 9.91. The maximum absolute atomic E-state index is 14.5. The molecule has 9 heteroatoms. The van der Waals surface area contributed by atoms with Gasteiger partial charge in [0.15, 0.2) is 5.82 Å². The molecular weight excluding hydrogens is 402 g/mol. The Balaban J connectivity index is 1.47. The molecule has 1 aromatic carbocycles. The Hall–Kier alpha value is -3.36. The van der Waals surface area contributed by atoms with E-state index < -0.39 is 12.0 Å². The number of halogens is 2. The van der Waals surface area contributed by atoms with Gasteiger partial charge in [-0.2, -0.15) is 0 Å². The minimum Gasteiger partial charge on any atom is -0.340 e. The number of amides is 1. The lowest BCUT2D eigenvalue weighted by Gasteiger charge is -2.32. The van der Waals surface area contributed by atoms with Crippen molar-refractivity contribution in [2.24, 2.45) is 0 Å². The monoisotopic (exact) mass is 424 g/mol. The third kappa shape index (κ3) is 3.43. The predicted molar refractivity (Wildman–Crippen MR) is 111 cm³/mol. The zero-order valence-electron chi connectivity index (χ0n) is 17.1. The molecular formula is C22H22F2N6O. The number of nitrogens with one attached hydrogen (secondary N) is 1. The first-order valence-corrected chi connectivity index (χ1v) is 10.3. The second-order valence-electron chi connectivity index (χ2n) is 8.12. The summed E-state index contributed by atoms with van der Waals surface area (Å²) in [7, 11) is 1.76. The summed E-state index contributed by atoms with van der Waals surface area (Å²) in [5.41, 5.74) is 2.69. The summed E-state index contributed by atoms with van der Waals surface area (Å²) < 4.78 is 30.5. The van der Waals surface area contributed by atoms with E-state index in [1.807, 2.05) is 18.2 Å². The van der Waals surface area contributed by atoms with Crippen LogP contribution in [0, 0.1) is 0 Å². The molecule has 0 spiro atoms. The van der Waals surface area contributed by atoms with Gasteiger partial charge >= 0.3 is 0 Å². The van der Waals surface area contributed by atoms with Gasteiger partial charge in [-0.25, -0.2) is 13.8 Å². The van der Waals surface area contributed by atoms with Gasteiger partial charge in [-0.15, -0.1) is 10.2 Å². The van der Waals surface area contributed by atoms with E-state index in [-0.39, 0.29) is 12.3 Å². The molecule has 2 aromatic heterocycles. The Kier molecular flexibility index (Phi) is 4.68. The fourth-order valence-corrected chi connectivity index (χ4v) is 4.45. The fraction of sp³-hybridized carbons (Fsp3) is 0.364. The molecule has 5 rings (SSSR count). The molecule has 0 saturated heterocycles. The zero-order chi connectivity index (χ0) is 21.6. The molecule has 1 amide bonds. The molecule has 3 aromatic rings. The molecule has 1 aliphatic heterocycles. The van der Waals surface area contributed by atoms with Gasteiger partial charge in [-0.3, -0.25) is 4.79 Å². The van der Waals surface area contributed by atoms with Crippen LogP contribution in [0.3, 0.4) is 0 Å². The Morgan fingerprint density at radius 2 is 2.00 bits per heavy atom. The Morgan fingerprint density at radius 1 is 1.16 bits per heavy atom. The van der Waals surface area contributed by atoms with Crippen molar-refractivity contribution in [3.8, 4) is 11.5 Å². The number of benzene rings is 1. The number of aromatic nitrogens is 4. The van der Waals surface area contributed by atoms with Gasteiger partial charge in [-0.1, -0.05) is 24.6 Å². The fourth-order valence-electron chi connectivity index (χ4n) is 4.45. The van der Waals surface area contributed by atoms with E-state index >= 15 is 0 Å². The van der Waals surface area contributed by atoms with E-state index in [1.165, 1.54) is 10.9 Å². The molecule has 7 nitrogen and oxygen atoms in total. The molecule has 2 aliphatic rings. The number of nitrogens with zero attached hydrogens (tertiary/aromatic N) is 5. The number of carbonyl (C=O) groups excluding carboxylic acids is 1. The minimum absolute atomic E-state index is 0.0477. The highest BCUT2D eigenvalue weighted by molar-refractivity contribution is 6.03. The van der Waals surface area contributed by atoms with Crippen molar-refractivity contribution >= 4 is 17.4 Å². The molecule has 0 bridgehead atoms. The van der Waals surface area contributed by atoms with Crippen molar-refractivity contribution in [2.45, 2.75) is 44.2 Å². The first-order chi connectivity index (χ1) is 14.9. The van der Waals surface area contributed by atoms with Crippen molar-refractivity contribution in [3.63, 3.8) is 0 Å². The van der Waals surface area contributed by atoms with Gasteiger partial charge in [0.25, 0.3) is 11.8 Å². The second-order valence-corrected chi connectivity index (χ2v) is 8.12. The molecule has 31 heavy (non-hydrogen) atoms. The van der Waals surface area contributed by atoms with Gasteiger partial charge in [0.05, 0.1) is 11.3 Å². The Bertz CT molecular complexity index is 1140. The Labute approximate surface area is 178 Å². The van der Waals surface area contributed by atoms with Crippen LogP contribution in [0.4, 0.5) is 20.3 Å². The largest absolute Gasteiger partial charge is 0.340 e. The summed E-state index contributed by atoms with van der Waals surface area (Å²) in [5.74, 6) is -2.04. The van der Waals surface area contributed by atoms with Crippen molar-refractivity contribution < 1.29 is 13.6 Å². The van der Waals surface area contributed by atoms with Crippen LogP contribution < -0.4 is 5.32 Å². The van der Waals surface area contributed by atoms with Crippen LogP contribution in [-0.4, -0.2) is 43.5 Å². The number of carbonyl (C=O) groups is 1. The summed E-state index contributed by atoms with van der Waals surface area (Å²) in [5, 5.41) is 11.2. The third-order valence-electron chi connectivity index (χ3n) is 5.99. The van der Waals surface area contributed by atoms with Gasteiger partial charge < -0.3 is 14.8 Å². The molecule has 1 fully saturated rings. The van der Waals surface area contributed by atoms with Crippen molar-refractivity contribution in [1.29, 1.82) is 0 Å². The molecule has 3 heterocycles. The normalized spacial score (nSPS) is 20.0. The van der Waals surface area contributed by atoms with E-state index in [2.05, 4.69) is 20.5 Å². The quantitative estimate of drug-likeness (QED) is 0.671. The first-order valence-electron chi connectivity index (χ1n) is 10.3. The number of anilines is 2. The number of fused-ring (bicyclic) bond motifs is 1. The van der Waals surface area contributed by atoms with Crippen LogP contribution in [0.1, 0.15) is 47.6 Å². The topological polar surface area (TPSA) is 75.9 Å². The van der Waals surface area contributed by atoms with E-state index in [0.29, 0.717) is 48.0 Å². The lowest BCUT2D eigenvalue weighted by molar-refractivity contribution is -0.0777. The Morgan fingerprint density at radius 3 is 2.84 bits per heavy atom. The number of hydrogen-bond acceptors (Lipinski definition) is 5. The lowest BCUT2D eigenvalue weighted by Crippen LogP contribution is -2.34. The van der Waals surface area contributed by atoms with Crippen molar-refractivity contribution in [1.82, 2.24) is 24.6 Å². The number of hydrogen-bond donors (Lipinski definition) is 1. The zero-order valence-corrected chi connectivity index (χ0v) is 17.1. The van der Waals surface area contributed by atoms with Crippen molar-refractivity contribution in [3.05, 3.63) is 53.9 Å². The number of rotatable bonds is 4. The molecule has 1 unspecified atom stereocenters. The van der Waals surface area contributed by atoms with Crippen LogP contribution in [0.25, 0.3) is 11.5 Å². The molecule has 1 N–H and O–H groups in total. The smallest absolute Gasteiger partial charge is 0.268 e. The first kappa shape index (κ1) is 19.6. The standard InChI is InChI=1S/C22H22F2N6O/c1-29-12-14-6-4-7-15(19(14)21(29)31)26-18-10-5-8-16(27-18)20-28-25-13-30(20)17-9-2-3-11-22(17,23)24/h4-8,10,13,17H,2-3,9,11-12H2,1H3,(H,26,27). The van der Waals surface area contributed by atoms with Crippen molar-refractivity contribution in [2.75, 3.05) is 12.4 Å². The summed E-state index contributed by atoms with van der Waals surface area (Å²) in [6, 6.07) is 9.94. The number of pyridine rings is 1. The minimum atomic E-state index is -2.80. The summed E-state index contributed by atoms with van der Waals surface area (Å²) in [6.45, 7) is 0.565. The van der Waals surface area contributed by atoms with E-state index in [4.69, 9.17) is 0 Å². The van der Waals surface area contributed by atoms with Crippen LogP contribution in [0.2, 0.25) is 0 Å². The van der Waals surface area contributed by atoms with E-state index in [1.54, 1.807) is 30.1 Å². The maximum atomic E-state index is 14.5. The average Bonchev–Trinajstić information content (AvgIpc) is 3.33. The molecule has 160 valence electrons. The summed E-state index contributed by atoms with van der Waals surface area (Å²) in [4.78, 5) is 18.8. The highest BCUT2D eigenvalue weighted by Gasteiger charge is 2.43. The van der Waals surface area contributed by atoms with Crippen LogP contribution >= 0.6 is 0 Å². The third-order valence-corrected chi connectivity index (χ3v) is 5.99. The van der Waals surface area contributed by atoms with E-state index in [9.17, 15) is 13.6 Å². The van der Waals surface area contributed by atoms with Gasteiger partial charge in [0.2, 0.25) is 0 Å². The highest BCUT2D eigenvalue weighted by Crippen LogP contribution is 2.43. The van der Waals surface area contributed by atoms with Crippen LogP contribution in [0.15, 0.2) is 42.7 Å². The summed E-state index contributed by atoms with van der Waals surface area (Å²) in [6.07, 6.45) is 2.87. The number of alkyl halides is 2. The molecule has 1 atom stereocenters. The summed E-state index contributed by atoms with van der Waals surface area (Å²) >= 11 is 0. The molecule has 0 radical (unpaired) electrons. The molecule has 1 aliphatic carbocycles. The average molecular weight is 424 g/mol. The van der Waals surface area contributed by atoms with Crippen LogP contribution in [-0.2, 0) is 6.54 Å².